The Morgan fingerprint density at radius 3 is 2.57 bits per heavy atom. The average molecular weight is 517 g/mol. The lowest BCUT2D eigenvalue weighted by Crippen LogP contribution is -2.61. The Morgan fingerprint density at radius 2 is 1.94 bits per heavy atom. The SMILES string of the molecule is Cc1c(Nc2ccc(S)cc2F)ncnc1OC1CC2COCC(C1)N2C(=O)OC(C)C(F)(F)F. The van der Waals surface area contributed by atoms with Crippen LogP contribution in [0.15, 0.2) is 29.4 Å². The third kappa shape index (κ3) is 5.72. The minimum absolute atomic E-state index is 0.155. The molecule has 2 fully saturated rings. The lowest BCUT2D eigenvalue weighted by atomic mass is 9.92. The summed E-state index contributed by atoms with van der Waals surface area (Å²) in [5.74, 6) is 0.135. The molecule has 2 aromatic rings. The van der Waals surface area contributed by atoms with Gasteiger partial charge in [-0.2, -0.15) is 13.2 Å². The Bertz CT molecular complexity index is 1080. The van der Waals surface area contributed by atoms with E-state index in [0.717, 1.165) is 6.92 Å². The van der Waals surface area contributed by atoms with Crippen molar-refractivity contribution in [3.8, 4) is 5.88 Å². The zero-order valence-corrected chi connectivity index (χ0v) is 19.8. The number of hydrogen-bond acceptors (Lipinski definition) is 8. The molecule has 190 valence electrons. The fraction of sp³-hybridized carbons (Fsp3) is 0.500. The van der Waals surface area contributed by atoms with Gasteiger partial charge < -0.3 is 19.5 Å². The number of rotatable bonds is 5. The molecule has 0 aliphatic carbocycles. The summed E-state index contributed by atoms with van der Waals surface area (Å²) in [7, 11) is 0. The van der Waals surface area contributed by atoms with Gasteiger partial charge in [-0.25, -0.2) is 19.2 Å². The molecule has 1 aromatic heterocycles. The van der Waals surface area contributed by atoms with Gasteiger partial charge in [0.05, 0.1) is 36.5 Å². The molecule has 2 bridgehead atoms. The standard InChI is InChI=1S/C22H24F4N4O4S/c1-11-19(29-18-4-3-16(35)7-17(18)23)27-10-28-20(11)34-15-5-13-8-32-9-14(6-15)30(13)21(31)33-12(2)22(24,25)26/h3-4,7,10,12-15,35H,5-6,8-9H2,1-2H3,(H,27,28,29). The van der Waals surface area contributed by atoms with Crippen LogP contribution in [0.1, 0.15) is 25.3 Å². The molecule has 2 saturated heterocycles. The number of carbonyl (C=O) groups excluding carboxylic acids is 1. The number of hydrogen-bond donors (Lipinski definition) is 2. The third-order valence-corrected chi connectivity index (χ3v) is 6.23. The highest BCUT2D eigenvalue weighted by Gasteiger charge is 2.46. The molecule has 4 rings (SSSR count). The van der Waals surface area contributed by atoms with Gasteiger partial charge in [0.1, 0.15) is 24.1 Å². The van der Waals surface area contributed by atoms with E-state index in [1.165, 1.54) is 23.4 Å². The van der Waals surface area contributed by atoms with Crippen LogP contribution < -0.4 is 10.1 Å². The van der Waals surface area contributed by atoms with Crippen LogP contribution in [0, 0.1) is 12.7 Å². The van der Waals surface area contributed by atoms with E-state index >= 15 is 0 Å². The second-order valence-corrected chi connectivity index (χ2v) is 8.99. The van der Waals surface area contributed by atoms with Gasteiger partial charge in [-0.1, -0.05) is 0 Å². The second-order valence-electron chi connectivity index (χ2n) is 8.47. The first-order valence-electron chi connectivity index (χ1n) is 10.9. The van der Waals surface area contributed by atoms with Gasteiger partial charge in [0, 0.05) is 17.7 Å². The topological polar surface area (TPSA) is 85.8 Å². The van der Waals surface area contributed by atoms with E-state index in [1.54, 1.807) is 13.0 Å². The van der Waals surface area contributed by atoms with Gasteiger partial charge in [0.15, 0.2) is 6.10 Å². The molecule has 1 N–H and O–H groups in total. The van der Waals surface area contributed by atoms with E-state index in [-0.39, 0.29) is 30.9 Å². The first kappa shape index (κ1) is 25.3. The number of nitrogens with zero attached hydrogens (tertiary/aromatic N) is 3. The number of nitrogens with one attached hydrogen (secondary N) is 1. The second kappa shape index (κ2) is 10.1. The summed E-state index contributed by atoms with van der Waals surface area (Å²) in [6, 6.07) is 3.43. The normalized spacial score (nSPS) is 22.9. The van der Waals surface area contributed by atoms with Crippen LogP contribution in [0.3, 0.4) is 0 Å². The third-order valence-electron chi connectivity index (χ3n) is 5.95. The molecule has 35 heavy (non-hydrogen) atoms. The summed E-state index contributed by atoms with van der Waals surface area (Å²) in [4.78, 5) is 22.6. The average Bonchev–Trinajstić information content (AvgIpc) is 2.77. The van der Waals surface area contributed by atoms with Gasteiger partial charge in [-0.15, -0.1) is 12.6 Å². The predicted octanol–water partition coefficient (Wildman–Crippen LogP) is 4.65. The van der Waals surface area contributed by atoms with Crippen LogP contribution >= 0.6 is 12.6 Å². The van der Waals surface area contributed by atoms with Gasteiger partial charge in [0.2, 0.25) is 5.88 Å². The molecule has 3 heterocycles. The van der Waals surface area contributed by atoms with Crippen molar-refractivity contribution in [2.75, 3.05) is 18.5 Å². The van der Waals surface area contributed by atoms with Crippen molar-refractivity contribution in [1.82, 2.24) is 14.9 Å². The maximum Gasteiger partial charge on any atom is 0.425 e. The number of fused-ring (bicyclic) bond motifs is 2. The molecule has 0 saturated carbocycles. The van der Waals surface area contributed by atoms with E-state index in [2.05, 4.69) is 32.7 Å². The number of alkyl halides is 3. The largest absolute Gasteiger partial charge is 0.474 e. The number of ether oxygens (including phenoxy) is 3. The zero-order chi connectivity index (χ0) is 25.3. The maximum atomic E-state index is 14.2. The molecule has 3 unspecified atom stereocenters. The Labute approximate surface area is 204 Å². The van der Waals surface area contributed by atoms with E-state index < -0.39 is 36.3 Å². The summed E-state index contributed by atoms with van der Waals surface area (Å²) in [6.45, 7) is 2.82. The van der Waals surface area contributed by atoms with Gasteiger partial charge in [-0.05, 0) is 32.0 Å². The quantitative estimate of drug-likeness (QED) is 0.442. The number of morpholine rings is 1. The van der Waals surface area contributed by atoms with Crippen LogP contribution in [0.5, 0.6) is 5.88 Å². The number of halogens is 4. The van der Waals surface area contributed by atoms with Crippen LogP contribution in [0.2, 0.25) is 0 Å². The van der Waals surface area contributed by atoms with Crippen molar-refractivity contribution < 1.29 is 36.6 Å². The number of piperidine rings is 1. The van der Waals surface area contributed by atoms with Crippen LogP contribution in [-0.4, -0.2) is 64.6 Å². The van der Waals surface area contributed by atoms with Crippen molar-refractivity contribution in [1.29, 1.82) is 0 Å². The minimum Gasteiger partial charge on any atom is -0.474 e. The molecular formula is C22H24F4N4O4S. The highest BCUT2D eigenvalue weighted by molar-refractivity contribution is 7.80. The van der Waals surface area contributed by atoms with Crippen LogP contribution in [-0.2, 0) is 9.47 Å². The number of anilines is 2. The summed E-state index contributed by atoms with van der Waals surface area (Å²) in [5, 5.41) is 2.92. The zero-order valence-electron chi connectivity index (χ0n) is 18.9. The predicted molar refractivity (Wildman–Crippen MR) is 120 cm³/mol. The summed E-state index contributed by atoms with van der Waals surface area (Å²) < 4.78 is 69.0. The molecule has 8 nitrogen and oxygen atoms in total. The molecule has 0 radical (unpaired) electrons. The van der Waals surface area contributed by atoms with E-state index in [4.69, 9.17) is 9.47 Å². The molecule has 2 aliphatic rings. The van der Waals surface area contributed by atoms with Crippen molar-refractivity contribution in [2.45, 2.75) is 62.1 Å². The first-order valence-corrected chi connectivity index (χ1v) is 11.3. The first-order chi connectivity index (χ1) is 16.5. The molecule has 3 atom stereocenters. The molecule has 0 spiro atoms. The molecular weight excluding hydrogens is 492 g/mol. The van der Waals surface area contributed by atoms with Gasteiger partial charge in [0.25, 0.3) is 0 Å². The maximum absolute atomic E-state index is 14.2. The molecule has 13 heteroatoms. The smallest absolute Gasteiger partial charge is 0.425 e. The number of aromatic nitrogens is 2. The molecule has 1 amide bonds. The number of amides is 1. The summed E-state index contributed by atoms with van der Waals surface area (Å²) in [6.07, 6.45) is -6.34. The van der Waals surface area contributed by atoms with Crippen LogP contribution in [0.4, 0.5) is 33.9 Å². The van der Waals surface area contributed by atoms with Crippen molar-refractivity contribution in [3.63, 3.8) is 0 Å². The highest BCUT2D eigenvalue weighted by atomic mass is 32.1. The lowest BCUT2D eigenvalue weighted by Gasteiger charge is -2.47. The van der Waals surface area contributed by atoms with E-state index in [1.807, 2.05) is 0 Å². The Hall–Kier alpha value is -2.80. The van der Waals surface area contributed by atoms with Gasteiger partial charge >= 0.3 is 12.3 Å². The lowest BCUT2D eigenvalue weighted by molar-refractivity contribution is -0.203. The Kier molecular flexibility index (Phi) is 7.27. The van der Waals surface area contributed by atoms with Gasteiger partial charge in [-0.3, -0.25) is 4.90 Å². The minimum atomic E-state index is -4.64. The Morgan fingerprint density at radius 1 is 1.26 bits per heavy atom. The van der Waals surface area contributed by atoms with Crippen molar-refractivity contribution in [3.05, 3.63) is 35.9 Å². The number of carbonyl (C=O) groups is 1. The molecule has 1 aromatic carbocycles. The summed E-state index contributed by atoms with van der Waals surface area (Å²) >= 11 is 4.11. The van der Waals surface area contributed by atoms with E-state index in [9.17, 15) is 22.4 Å². The summed E-state index contributed by atoms with van der Waals surface area (Å²) in [5.41, 5.74) is 0.756. The fourth-order valence-electron chi connectivity index (χ4n) is 4.11. The van der Waals surface area contributed by atoms with E-state index in [0.29, 0.717) is 29.1 Å². The highest BCUT2D eigenvalue weighted by Crippen LogP contribution is 2.34. The van der Waals surface area contributed by atoms with Crippen LogP contribution in [0.25, 0.3) is 0 Å². The number of thiol groups is 1. The fourth-order valence-corrected chi connectivity index (χ4v) is 4.30. The monoisotopic (exact) mass is 516 g/mol. The Balaban J connectivity index is 1.45. The number of benzene rings is 1. The van der Waals surface area contributed by atoms with Crippen molar-refractivity contribution >= 4 is 30.2 Å². The molecule has 2 aliphatic heterocycles. The van der Waals surface area contributed by atoms with Crippen molar-refractivity contribution in [2.24, 2.45) is 0 Å².